The largest absolute Gasteiger partial charge is 0.476 e. The molecule has 5 nitrogen and oxygen atoms in total. The second-order valence-electron chi connectivity index (χ2n) is 3.85. The van der Waals surface area contributed by atoms with Crippen LogP contribution in [-0.2, 0) is 4.74 Å². The number of nitrogens with zero attached hydrogens (tertiary/aromatic N) is 1. The molecule has 0 aliphatic carbocycles. The topological polar surface area (TPSA) is 66.6 Å². The number of nitrogens with two attached hydrogens (primary N) is 1. The van der Waals surface area contributed by atoms with Gasteiger partial charge in [-0.2, -0.15) is 4.98 Å². The van der Waals surface area contributed by atoms with Gasteiger partial charge in [0.1, 0.15) is 6.61 Å². The smallest absolute Gasteiger partial charge is 0.240 e. The van der Waals surface area contributed by atoms with E-state index in [1.807, 2.05) is 6.92 Å². The lowest BCUT2D eigenvalue weighted by atomic mass is 10.4. The van der Waals surface area contributed by atoms with E-state index in [1.54, 1.807) is 12.1 Å². The quantitative estimate of drug-likeness (QED) is 0.685. The second kappa shape index (κ2) is 8.58. The average molecular weight is 254 g/mol. The van der Waals surface area contributed by atoms with Gasteiger partial charge in [-0.1, -0.05) is 13.8 Å². The lowest BCUT2D eigenvalue weighted by Gasteiger charge is -2.10. The standard InChI is InChI=1S/C13H22N2O3/c1-3-7-16-9-10-17-12-6-5-11(14)13(15-12)18-8-4-2/h5-6H,3-4,7-10,14H2,1-2H3. The van der Waals surface area contributed by atoms with Crippen LogP contribution < -0.4 is 15.2 Å². The van der Waals surface area contributed by atoms with Gasteiger partial charge in [-0.3, -0.25) is 0 Å². The highest BCUT2D eigenvalue weighted by molar-refractivity contribution is 5.49. The van der Waals surface area contributed by atoms with Crippen LogP contribution >= 0.6 is 0 Å². The highest BCUT2D eigenvalue weighted by atomic mass is 16.5. The maximum Gasteiger partial charge on any atom is 0.240 e. The van der Waals surface area contributed by atoms with E-state index in [-0.39, 0.29) is 0 Å². The molecule has 0 saturated heterocycles. The van der Waals surface area contributed by atoms with Gasteiger partial charge >= 0.3 is 0 Å². The fourth-order valence-electron chi connectivity index (χ4n) is 1.28. The number of anilines is 1. The first-order valence-electron chi connectivity index (χ1n) is 6.37. The van der Waals surface area contributed by atoms with Crippen LogP contribution in [-0.4, -0.2) is 31.4 Å². The van der Waals surface area contributed by atoms with Gasteiger partial charge in [-0.05, 0) is 18.9 Å². The summed E-state index contributed by atoms with van der Waals surface area (Å²) in [6.07, 6.45) is 1.92. The van der Waals surface area contributed by atoms with Gasteiger partial charge in [-0.15, -0.1) is 0 Å². The highest BCUT2D eigenvalue weighted by Gasteiger charge is 2.04. The molecule has 1 aromatic rings. The number of nitrogen functional groups attached to an aromatic ring is 1. The third-order valence-electron chi connectivity index (χ3n) is 2.13. The van der Waals surface area contributed by atoms with Gasteiger partial charge in [0.2, 0.25) is 11.8 Å². The molecule has 0 radical (unpaired) electrons. The number of rotatable bonds is 9. The van der Waals surface area contributed by atoms with Crippen molar-refractivity contribution in [2.45, 2.75) is 26.7 Å². The summed E-state index contributed by atoms with van der Waals surface area (Å²) in [7, 11) is 0. The zero-order valence-electron chi connectivity index (χ0n) is 11.1. The lowest BCUT2D eigenvalue weighted by Crippen LogP contribution is -2.09. The van der Waals surface area contributed by atoms with Crippen molar-refractivity contribution >= 4 is 5.69 Å². The number of aromatic nitrogens is 1. The van der Waals surface area contributed by atoms with Crippen molar-refractivity contribution in [1.29, 1.82) is 0 Å². The molecule has 2 N–H and O–H groups in total. The zero-order valence-corrected chi connectivity index (χ0v) is 11.1. The SMILES string of the molecule is CCCOCCOc1ccc(N)c(OCCC)n1. The fourth-order valence-corrected chi connectivity index (χ4v) is 1.28. The summed E-state index contributed by atoms with van der Waals surface area (Å²) in [4.78, 5) is 4.20. The van der Waals surface area contributed by atoms with E-state index < -0.39 is 0 Å². The van der Waals surface area contributed by atoms with E-state index >= 15 is 0 Å². The highest BCUT2D eigenvalue weighted by Crippen LogP contribution is 2.22. The average Bonchev–Trinajstić information content (AvgIpc) is 2.39. The summed E-state index contributed by atoms with van der Waals surface area (Å²) < 4.78 is 16.2. The minimum absolute atomic E-state index is 0.434. The molecule has 0 atom stereocenters. The van der Waals surface area contributed by atoms with E-state index in [4.69, 9.17) is 19.9 Å². The maximum atomic E-state index is 5.76. The Morgan fingerprint density at radius 2 is 1.78 bits per heavy atom. The van der Waals surface area contributed by atoms with Crippen molar-refractivity contribution in [3.05, 3.63) is 12.1 Å². The summed E-state index contributed by atoms with van der Waals surface area (Å²) in [6.45, 7) is 6.49. The summed E-state index contributed by atoms with van der Waals surface area (Å²) in [5, 5.41) is 0. The first-order valence-corrected chi connectivity index (χ1v) is 6.37. The molecule has 0 aliphatic heterocycles. The van der Waals surface area contributed by atoms with E-state index in [0.29, 0.717) is 37.3 Å². The second-order valence-corrected chi connectivity index (χ2v) is 3.85. The monoisotopic (exact) mass is 254 g/mol. The molecule has 0 aliphatic rings. The van der Waals surface area contributed by atoms with E-state index in [9.17, 15) is 0 Å². The Morgan fingerprint density at radius 1 is 1.00 bits per heavy atom. The van der Waals surface area contributed by atoms with Crippen LogP contribution in [0.4, 0.5) is 5.69 Å². The maximum absolute atomic E-state index is 5.76. The summed E-state index contributed by atoms with van der Waals surface area (Å²) >= 11 is 0. The van der Waals surface area contributed by atoms with Crippen molar-refractivity contribution in [2.24, 2.45) is 0 Å². The van der Waals surface area contributed by atoms with Crippen LogP contribution in [0.5, 0.6) is 11.8 Å². The van der Waals surface area contributed by atoms with Gasteiger partial charge in [0.25, 0.3) is 0 Å². The van der Waals surface area contributed by atoms with Gasteiger partial charge < -0.3 is 19.9 Å². The van der Waals surface area contributed by atoms with Crippen LogP contribution in [0.2, 0.25) is 0 Å². The van der Waals surface area contributed by atoms with Crippen molar-refractivity contribution in [3.8, 4) is 11.8 Å². The van der Waals surface area contributed by atoms with E-state index in [1.165, 1.54) is 0 Å². The number of ether oxygens (including phenoxy) is 3. The Labute approximate surface area is 108 Å². The molecule has 1 heterocycles. The van der Waals surface area contributed by atoms with Crippen LogP contribution in [0, 0.1) is 0 Å². The first kappa shape index (κ1) is 14.6. The van der Waals surface area contributed by atoms with Crippen molar-refractivity contribution < 1.29 is 14.2 Å². The molecule has 1 aromatic heterocycles. The molecule has 0 fully saturated rings. The van der Waals surface area contributed by atoms with Gasteiger partial charge in [0.15, 0.2) is 0 Å². The summed E-state index contributed by atoms with van der Waals surface area (Å²) in [6, 6.07) is 3.47. The number of pyridine rings is 1. The molecule has 0 bridgehead atoms. The van der Waals surface area contributed by atoms with Gasteiger partial charge in [0, 0.05) is 12.7 Å². The van der Waals surface area contributed by atoms with Crippen molar-refractivity contribution in [3.63, 3.8) is 0 Å². The van der Waals surface area contributed by atoms with E-state index in [2.05, 4.69) is 11.9 Å². The Kier molecular flexibility index (Phi) is 6.94. The number of hydrogen-bond acceptors (Lipinski definition) is 5. The van der Waals surface area contributed by atoms with Crippen LogP contribution in [0.25, 0.3) is 0 Å². The van der Waals surface area contributed by atoms with Gasteiger partial charge in [0.05, 0.1) is 18.9 Å². The predicted octanol–water partition coefficient (Wildman–Crippen LogP) is 2.26. The molecular weight excluding hydrogens is 232 g/mol. The molecule has 0 aromatic carbocycles. The Bertz CT molecular complexity index is 345. The predicted molar refractivity (Wildman–Crippen MR) is 71.0 cm³/mol. The molecule has 102 valence electrons. The number of hydrogen-bond donors (Lipinski definition) is 1. The molecule has 5 heteroatoms. The molecule has 0 unspecified atom stereocenters. The Balaban J connectivity index is 2.40. The van der Waals surface area contributed by atoms with Crippen LogP contribution in [0.1, 0.15) is 26.7 Å². The molecule has 1 rings (SSSR count). The fraction of sp³-hybridized carbons (Fsp3) is 0.615. The van der Waals surface area contributed by atoms with Gasteiger partial charge in [-0.25, -0.2) is 0 Å². The van der Waals surface area contributed by atoms with E-state index in [0.717, 1.165) is 19.4 Å². The summed E-state index contributed by atoms with van der Waals surface area (Å²) in [5.41, 5.74) is 6.28. The zero-order chi connectivity index (χ0) is 13.2. The van der Waals surface area contributed by atoms with Crippen molar-refractivity contribution in [2.75, 3.05) is 32.2 Å². The lowest BCUT2D eigenvalue weighted by molar-refractivity contribution is 0.0987. The van der Waals surface area contributed by atoms with Crippen molar-refractivity contribution in [1.82, 2.24) is 4.98 Å². The third kappa shape index (κ3) is 5.23. The summed E-state index contributed by atoms with van der Waals surface area (Å²) in [5.74, 6) is 0.944. The molecule has 0 saturated carbocycles. The molecule has 0 amide bonds. The minimum Gasteiger partial charge on any atom is -0.476 e. The normalized spacial score (nSPS) is 10.3. The first-order chi connectivity index (χ1) is 8.77. The molecular formula is C13H22N2O3. The molecule has 18 heavy (non-hydrogen) atoms. The van der Waals surface area contributed by atoms with Crippen LogP contribution in [0.15, 0.2) is 12.1 Å². The molecule has 0 spiro atoms. The minimum atomic E-state index is 0.434. The van der Waals surface area contributed by atoms with Crippen LogP contribution in [0.3, 0.4) is 0 Å². The Morgan fingerprint density at radius 3 is 2.50 bits per heavy atom. The Hall–Kier alpha value is -1.49. The third-order valence-corrected chi connectivity index (χ3v) is 2.13.